The van der Waals surface area contributed by atoms with Crippen LogP contribution in [0.1, 0.15) is 0 Å². The molecule has 0 N–H and O–H groups in total. The maximum absolute atomic E-state index is 2.39. The van der Waals surface area contributed by atoms with Crippen LogP contribution in [0.3, 0.4) is 0 Å². The molecule has 0 aliphatic heterocycles. The molecule has 0 unspecified atom stereocenters. The van der Waals surface area contributed by atoms with E-state index in [0.29, 0.717) is 0 Å². The SMILES string of the molecule is Bc1ccccc1.C[Si](C)(C)[Na]. The van der Waals surface area contributed by atoms with Crippen LogP contribution in [0.4, 0.5) is 0 Å². The Balaban J connectivity index is 0.000000217. The first-order valence-electron chi connectivity index (χ1n) is 4.41. The van der Waals surface area contributed by atoms with E-state index in [0.717, 1.165) is 0 Å². The Morgan fingerprint density at radius 2 is 1.42 bits per heavy atom. The molecule has 0 spiro atoms. The van der Waals surface area contributed by atoms with Gasteiger partial charge >= 0.3 is 51.3 Å². The molecule has 0 fully saturated rings. The van der Waals surface area contributed by atoms with Crippen molar-refractivity contribution in [3.05, 3.63) is 30.3 Å². The Bertz CT molecular complexity index is 200. The zero-order valence-electron chi connectivity index (χ0n) is 8.89. The monoisotopic (exact) mass is 186 g/mol. The fourth-order valence-electron chi connectivity index (χ4n) is 0.534. The average molecular weight is 186 g/mol. The molecule has 1 rings (SSSR count). The van der Waals surface area contributed by atoms with E-state index in [-0.39, 0.29) is 0 Å². The third kappa shape index (κ3) is 13.1. The van der Waals surface area contributed by atoms with Gasteiger partial charge in [0.15, 0.2) is 0 Å². The van der Waals surface area contributed by atoms with Crippen LogP contribution in [0.2, 0.25) is 19.6 Å². The quantitative estimate of drug-likeness (QED) is 0.529. The minimum absolute atomic E-state index is 0.472. The summed E-state index contributed by atoms with van der Waals surface area (Å²) in [7, 11) is 2.08. The molecule has 0 aliphatic carbocycles. The van der Waals surface area contributed by atoms with Crippen LogP contribution in [-0.4, -0.2) is 39.5 Å². The Morgan fingerprint density at radius 1 is 1.08 bits per heavy atom. The van der Waals surface area contributed by atoms with E-state index >= 15 is 0 Å². The number of hydrogen-bond donors (Lipinski definition) is 0. The van der Waals surface area contributed by atoms with Crippen LogP contribution < -0.4 is 5.46 Å². The van der Waals surface area contributed by atoms with Gasteiger partial charge in [-0.05, 0) is 0 Å². The van der Waals surface area contributed by atoms with Crippen LogP contribution in [-0.2, 0) is 0 Å². The molecular weight excluding hydrogens is 170 g/mol. The Labute approximate surface area is 94.4 Å². The molecule has 0 amide bonds. The van der Waals surface area contributed by atoms with Gasteiger partial charge in [-0.25, -0.2) is 0 Å². The van der Waals surface area contributed by atoms with Crippen molar-refractivity contribution < 1.29 is 0 Å². The third-order valence-corrected chi connectivity index (χ3v) is 0.940. The minimum atomic E-state index is -0.472. The first-order valence-corrected chi connectivity index (χ1v) is 11.4. The van der Waals surface area contributed by atoms with Gasteiger partial charge in [0, 0.05) is 0 Å². The van der Waals surface area contributed by atoms with E-state index in [4.69, 9.17) is 0 Å². The van der Waals surface area contributed by atoms with Gasteiger partial charge in [-0.1, -0.05) is 35.8 Å². The van der Waals surface area contributed by atoms with Gasteiger partial charge in [0.2, 0.25) is 0 Å². The zero-order chi connectivity index (χ0) is 9.61. The van der Waals surface area contributed by atoms with Crippen LogP contribution >= 0.6 is 0 Å². The van der Waals surface area contributed by atoms with Gasteiger partial charge in [-0.3, -0.25) is 0 Å². The van der Waals surface area contributed by atoms with Gasteiger partial charge < -0.3 is 0 Å². The standard InChI is InChI=1S/C6H7B.C3H9Si.Na/c7-6-4-2-1-3-5-6;1-4(2)3;/h1-5H,7H2;1-3H3;. The van der Waals surface area contributed by atoms with E-state index in [1.807, 2.05) is 18.2 Å². The summed E-state index contributed by atoms with van der Waals surface area (Å²) in [5, 5.41) is 0. The summed E-state index contributed by atoms with van der Waals surface area (Å²) in [6, 6.07) is 10.3. The van der Waals surface area contributed by atoms with Gasteiger partial charge in [0.25, 0.3) is 0 Å². The summed E-state index contributed by atoms with van der Waals surface area (Å²) in [5.74, 6) is 0. The normalized spacial score (nSPS) is 10.1. The number of benzene rings is 1. The molecule has 0 atom stereocenters. The van der Waals surface area contributed by atoms with Crippen molar-refractivity contribution in [1.29, 1.82) is 0 Å². The van der Waals surface area contributed by atoms with Crippen molar-refractivity contribution in [3.8, 4) is 0 Å². The van der Waals surface area contributed by atoms with Crippen LogP contribution in [0, 0.1) is 0 Å². The maximum atomic E-state index is 2.39. The molecule has 0 aliphatic rings. The molecule has 0 heterocycles. The van der Waals surface area contributed by atoms with Crippen molar-refractivity contribution in [3.63, 3.8) is 0 Å². The van der Waals surface area contributed by atoms with Crippen LogP contribution in [0.25, 0.3) is 0 Å². The first-order chi connectivity index (χ1) is 5.39. The van der Waals surface area contributed by atoms with E-state index in [1.54, 1.807) is 0 Å². The summed E-state index contributed by atoms with van der Waals surface area (Å²) in [4.78, 5) is 0. The molecule has 0 nitrogen and oxygen atoms in total. The fraction of sp³-hybridized carbons (Fsp3) is 0.333. The van der Waals surface area contributed by atoms with E-state index in [1.165, 1.54) is 32.5 Å². The van der Waals surface area contributed by atoms with Crippen molar-refractivity contribution >= 4 is 45.0 Å². The summed E-state index contributed by atoms with van der Waals surface area (Å²) in [6.07, 6.45) is 0. The molecular formula is C9H16BNaSi. The van der Waals surface area contributed by atoms with E-state index in [9.17, 15) is 0 Å². The predicted molar refractivity (Wildman–Crippen MR) is 63.7 cm³/mol. The van der Waals surface area contributed by atoms with Crippen LogP contribution in [0.5, 0.6) is 0 Å². The van der Waals surface area contributed by atoms with Gasteiger partial charge in [-0.15, -0.1) is 0 Å². The van der Waals surface area contributed by atoms with Gasteiger partial charge in [0.05, 0.1) is 0 Å². The Morgan fingerprint density at radius 3 is 1.58 bits per heavy atom. The number of rotatable bonds is 0. The molecule has 0 saturated carbocycles. The second-order valence-electron chi connectivity index (χ2n) is 4.65. The Kier molecular flexibility index (Phi) is 6.28. The van der Waals surface area contributed by atoms with Crippen molar-refractivity contribution in [2.45, 2.75) is 19.6 Å². The average Bonchev–Trinajstić information content (AvgIpc) is 1.85. The molecule has 0 bridgehead atoms. The summed E-state index contributed by atoms with van der Waals surface area (Å²) >= 11 is 1.45. The van der Waals surface area contributed by atoms with Crippen molar-refractivity contribution in [2.75, 3.05) is 0 Å². The van der Waals surface area contributed by atoms with Crippen LogP contribution in [0.15, 0.2) is 30.3 Å². The first kappa shape index (κ1) is 12.5. The molecule has 1 aromatic carbocycles. The molecule has 1 aromatic rings. The fourth-order valence-corrected chi connectivity index (χ4v) is 0.534. The topological polar surface area (TPSA) is 0 Å². The van der Waals surface area contributed by atoms with E-state index in [2.05, 4.69) is 39.6 Å². The summed E-state index contributed by atoms with van der Waals surface area (Å²) in [6.45, 7) is 7.16. The van der Waals surface area contributed by atoms with E-state index < -0.39 is 4.63 Å². The number of hydrogen-bond acceptors (Lipinski definition) is 0. The molecule has 60 valence electrons. The zero-order valence-corrected chi connectivity index (χ0v) is 11.9. The molecule has 0 aromatic heterocycles. The summed E-state index contributed by atoms with van der Waals surface area (Å²) in [5.41, 5.74) is 1.32. The van der Waals surface area contributed by atoms with Crippen molar-refractivity contribution in [1.82, 2.24) is 0 Å². The van der Waals surface area contributed by atoms with Gasteiger partial charge in [-0.2, -0.15) is 0 Å². The summed E-state index contributed by atoms with van der Waals surface area (Å²) < 4.78 is -0.472. The van der Waals surface area contributed by atoms with Gasteiger partial charge in [0.1, 0.15) is 7.85 Å². The molecule has 3 heteroatoms. The molecule has 0 radical (unpaired) electrons. The third-order valence-electron chi connectivity index (χ3n) is 0.940. The predicted octanol–water partition coefficient (Wildman–Crippen LogP) is 0.935. The molecule has 0 saturated heterocycles. The Hall–Kier alpha value is 0.502. The molecule has 12 heavy (non-hydrogen) atoms. The van der Waals surface area contributed by atoms with Crippen molar-refractivity contribution in [2.24, 2.45) is 0 Å². The second kappa shape index (κ2) is 6.03. The second-order valence-corrected chi connectivity index (χ2v) is 19.7.